The number of hydrogen-bond donors (Lipinski definition) is 0. The van der Waals surface area contributed by atoms with Gasteiger partial charge in [-0.05, 0) is 42.0 Å². The van der Waals surface area contributed by atoms with Crippen molar-refractivity contribution in [1.82, 2.24) is 0 Å². The smallest absolute Gasteiger partial charge is 0.416 e. The first-order chi connectivity index (χ1) is 10.3. The molecule has 0 fully saturated rings. The number of ether oxygens (including phenoxy) is 1. The number of fused-ring (bicyclic) bond motifs is 1. The van der Waals surface area contributed by atoms with Crippen LogP contribution in [0.4, 0.5) is 13.2 Å². The molecule has 1 aliphatic carbocycles. The molecule has 6 heteroatoms. The van der Waals surface area contributed by atoms with Gasteiger partial charge in [-0.2, -0.15) is 13.2 Å². The van der Waals surface area contributed by atoms with Crippen LogP contribution in [0.5, 0.6) is 11.5 Å². The molecule has 0 atom stereocenters. The minimum Gasteiger partial charge on any atom is -0.456 e. The van der Waals surface area contributed by atoms with Crippen LogP contribution in [0.3, 0.4) is 0 Å². The minimum atomic E-state index is -4.46. The molecule has 0 saturated heterocycles. The first-order valence-corrected chi connectivity index (χ1v) is 6.63. The zero-order chi connectivity index (χ0) is 15.9. The van der Waals surface area contributed by atoms with Crippen LogP contribution in [0.1, 0.15) is 21.5 Å². The predicted octanol–water partition coefficient (Wildman–Crippen LogP) is 5.36. The van der Waals surface area contributed by atoms with Crippen molar-refractivity contribution in [2.45, 2.75) is 6.18 Å². The van der Waals surface area contributed by atoms with Gasteiger partial charge in [0.25, 0.3) is 0 Å². The van der Waals surface area contributed by atoms with Gasteiger partial charge in [-0.3, -0.25) is 4.79 Å². The van der Waals surface area contributed by atoms with Crippen molar-refractivity contribution in [3.05, 3.63) is 64.2 Å². The normalized spacial score (nSPS) is 13.4. The molecule has 0 N–H and O–H groups in total. The Balaban J connectivity index is 1.88. The van der Waals surface area contributed by atoms with Gasteiger partial charge in [0.2, 0.25) is 0 Å². The summed E-state index contributed by atoms with van der Waals surface area (Å²) < 4.78 is 43.2. The molecular formula is C16H8ClF3O2. The lowest BCUT2D eigenvalue weighted by Crippen LogP contribution is -2.04. The van der Waals surface area contributed by atoms with Crippen LogP contribution in [-0.4, -0.2) is 5.78 Å². The summed E-state index contributed by atoms with van der Waals surface area (Å²) in [5.74, 6) is 0.282. The topological polar surface area (TPSA) is 26.3 Å². The Morgan fingerprint density at radius 2 is 1.77 bits per heavy atom. The molecule has 2 nitrogen and oxygen atoms in total. The lowest BCUT2D eigenvalue weighted by molar-refractivity contribution is -0.137. The highest BCUT2D eigenvalue weighted by Crippen LogP contribution is 2.37. The molecule has 22 heavy (non-hydrogen) atoms. The van der Waals surface area contributed by atoms with Gasteiger partial charge in [-0.15, -0.1) is 0 Å². The van der Waals surface area contributed by atoms with Crippen molar-refractivity contribution in [1.29, 1.82) is 0 Å². The maximum Gasteiger partial charge on any atom is 0.416 e. The molecule has 0 bridgehead atoms. The lowest BCUT2D eigenvalue weighted by atomic mass is 10.1. The van der Waals surface area contributed by atoms with Crippen LogP contribution in [0.25, 0.3) is 6.08 Å². The van der Waals surface area contributed by atoms with E-state index in [0.29, 0.717) is 11.3 Å². The van der Waals surface area contributed by atoms with Crippen LogP contribution < -0.4 is 4.74 Å². The monoisotopic (exact) mass is 324 g/mol. The summed E-state index contributed by atoms with van der Waals surface area (Å²) in [4.78, 5) is 11.6. The summed E-state index contributed by atoms with van der Waals surface area (Å²) in [6.07, 6.45) is -1.33. The van der Waals surface area contributed by atoms with Gasteiger partial charge in [0.05, 0.1) is 10.6 Å². The number of rotatable bonds is 2. The van der Waals surface area contributed by atoms with Crippen molar-refractivity contribution in [3.63, 3.8) is 0 Å². The van der Waals surface area contributed by atoms with E-state index in [2.05, 4.69) is 0 Å². The molecule has 2 aromatic carbocycles. The van der Waals surface area contributed by atoms with Crippen molar-refractivity contribution in [2.75, 3.05) is 0 Å². The highest BCUT2D eigenvalue weighted by Gasteiger charge is 2.31. The van der Waals surface area contributed by atoms with Crippen molar-refractivity contribution >= 4 is 23.5 Å². The van der Waals surface area contributed by atoms with Gasteiger partial charge in [0.1, 0.15) is 11.5 Å². The van der Waals surface area contributed by atoms with E-state index >= 15 is 0 Å². The minimum absolute atomic E-state index is 0.0908. The van der Waals surface area contributed by atoms with Gasteiger partial charge < -0.3 is 4.74 Å². The number of hydrogen-bond acceptors (Lipinski definition) is 2. The fourth-order valence-corrected chi connectivity index (χ4v) is 2.32. The summed E-state index contributed by atoms with van der Waals surface area (Å²) >= 11 is 5.83. The third-order valence-corrected chi connectivity index (χ3v) is 3.49. The van der Waals surface area contributed by atoms with Gasteiger partial charge in [-0.25, -0.2) is 0 Å². The molecule has 1 aliphatic rings. The third-order valence-electron chi connectivity index (χ3n) is 3.19. The van der Waals surface area contributed by atoms with E-state index < -0.39 is 11.7 Å². The number of carbonyl (C=O) groups is 1. The summed E-state index contributed by atoms with van der Waals surface area (Å²) in [5, 5.41) is -0.153. The molecule has 2 aromatic rings. The molecule has 0 radical (unpaired) electrons. The Labute approximate surface area is 128 Å². The van der Waals surface area contributed by atoms with Crippen LogP contribution in [0.15, 0.2) is 42.5 Å². The molecule has 0 aromatic heterocycles. The van der Waals surface area contributed by atoms with E-state index in [9.17, 15) is 18.0 Å². The lowest BCUT2D eigenvalue weighted by Gasteiger charge is -2.11. The Morgan fingerprint density at radius 1 is 1.00 bits per heavy atom. The summed E-state index contributed by atoms with van der Waals surface area (Å²) in [7, 11) is 0. The zero-order valence-corrected chi connectivity index (χ0v) is 11.7. The molecule has 112 valence electrons. The Morgan fingerprint density at radius 3 is 2.45 bits per heavy atom. The van der Waals surface area contributed by atoms with Gasteiger partial charge in [-0.1, -0.05) is 23.7 Å². The molecule has 0 aliphatic heterocycles. The molecule has 0 unspecified atom stereocenters. The highest BCUT2D eigenvalue weighted by molar-refractivity contribution is 6.32. The SMILES string of the molecule is O=C1C=Cc2ccc(Oc3ccc(C(F)(F)F)cc3Cl)cc21. The fraction of sp³-hybridized carbons (Fsp3) is 0.0625. The maximum absolute atomic E-state index is 12.6. The summed E-state index contributed by atoms with van der Waals surface area (Å²) in [6.45, 7) is 0. The molecule has 0 saturated carbocycles. The van der Waals surface area contributed by atoms with Crippen LogP contribution in [0.2, 0.25) is 5.02 Å². The number of benzene rings is 2. The number of ketones is 1. The number of allylic oxidation sites excluding steroid dienone is 1. The average Bonchev–Trinajstić information content (AvgIpc) is 2.81. The Hall–Kier alpha value is -2.27. The van der Waals surface area contributed by atoms with Crippen LogP contribution >= 0.6 is 11.6 Å². The van der Waals surface area contributed by atoms with Crippen LogP contribution in [0, 0.1) is 0 Å². The van der Waals surface area contributed by atoms with E-state index in [4.69, 9.17) is 16.3 Å². The van der Waals surface area contributed by atoms with E-state index in [1.807, 2.05) is 0 Å². The number of alkyl halides is 3. The second-order valence-electron chi connectivity index (χ2n) is 4.69. The summed E-state index contributed by atoms with van der Waals surface area (Å²) in [5.41, 5.74) is 0.412. The quantitative estimate of drug-likeness (QED) is 0.743. The fourth-order valence-electron chi connectivity index (χ4n) is 2.10. The van der Waals surface area contributed by atoms with Gasteiger partial charge >= 0.3 is 6.18 Å². The number of halogens is 4. The van der Waals surface area contributed by atoms with Gasteiger partial charge in [0.15, 0.2) is 5.78 Å². The second kappa shape index (κ2) is 5.18. The second-order valence-corrected chi connectivity index (χ2v) is 5.10. The van der Waals surface area contributed by atoms with E-state index in [1.54, 1.807) is 18.2 Å². The van der Waals surface area contributed by atoms with Crippen molar-refractivity contribution in [2.24, 2.45) is 0 Å². The maximum atomic E-state index is 12.6. The molecule has 0 spiro atoms. The van der Waals surface area contributed by atoms with Gasteiger partial charge in [0, 0.05) is 5.56 Å². The van der Waals surface area contributed by atoms with Crippen molar-refractivity contribution < 1.29 is 22.7 Å². The Bertz CT molecular complexity index is 794. The highest BCUT2D eigenvalue weighted by atomic mass is 35.5. The van der Waals surface area contributed by atoms with Crippen LogP contribution in [-0.2, 0) is 6.18 Å². The molecule has 0 amide bonds. The largest absolute Gasteiger partial charge is 0.456 e. The zero-order valence-electron chi connectivity index (χ0n) is 10.9. The third kappa shape index (κ3) is 2.72. The first kappa shape index (κ1) is 14.7. The standard InChI is InChI=1S/C16H8ClF3O2/c17-13-7-10(16(18,19)20)3-6-15(13)22-11-4-1-9-2-5-14(21)12(9)8-11/h1-8H. The first-order valence-electron chi connectivity index (χ1n) is 6.26. The molecule has 0 heterocycles. The Kier molecular flexibility index (Phi) is 3.45. The van der Waals surface area contributed by atoms with E-state index in [-0.39, 0.29) is 16.6 Å². The number of carbonyl (C=O) groups excluding carboxylic acids is 1. The summed E-state index contributed by atoms with van der Waals surface area (Å²) in [6, 6.07) is 7.70. The average molecular weight is 325 g/mol. The van der Waals surface area contributed by atoms with Crippen molar-refractivity contribution in [3.8, 4) is 11.5 Å². The van der Waals surface area contributed by atoms with E-state index in [1.165, 1.54) is 12.1 Å². The molecular weight excluding hydrogens is 317 g/mol. The van der Waals surface area contributed by atoms with E-state index in [0.717, 1.165) is 23.8 Å². The molecule has 3 rings (SSSR count). The predicted molar refractivity (Wildman–Crippen MR) is 76.3 cm³/mol.